The first-order chi connectivity index (χ1) is 10.2. The molecular formula is C17H24O3SSi. The van der Waals surface area contributed by atoms with E-state index in [-0.39, 0.29) is 11.0 Å². The summed E-state index contributed by atoms with van der Waals surface area (Å²) in [5.41, 5.74) is 0.561. The molecule has 0 aliphatic heterocycles. The topological polar surface area (TPSA) is 35.5 Å². The third-order valence-electron chi connectivity index (χ3n) is 4.22. The molecule has 0 N–H and O–H groups in total. The summed E-state index contributed by atoms with van der Waals surface area (Å²) in [5.74, 6) is 0.506. The molecule has 0 aliphatic carbocycles. The van der Waals surface area contributed by atoms with Gasteiger partial charge >= 0.3 is 5.97 Å². The van der Waals surface area contributed by atoms with Crippen molar-refractivity contribution in [1.29, 1.82) is 0 Å². The summed E-state index contributed by atoms with van der Waals surface area (Å²) in [6.07, 6.45) is 0. The van der Waals surface area contributed by atoms with Gasteiger partial charge in [0.25, 0.3) is 8.32 Å². The number of benzene rings is 1. The van der Waals surface area contributed by atoms with Gasteiger partial charge in [0.15, 0.2) is 0 Å². The summed E-state index contributed by atoms with van der Waals surface area (Å²) < 4.78 is 12.6. The van der Waals surface area contributed by atoms with Crippen molar-refractivity contribution in [2.75, 3.05) is 6.61 Å². The summed E-state index contributed by atoms with van der Waals surface area (Å²) in [7, 11) is -1.96. The molecule has 0 bridgehead atoms. The second-order valence-electron chi connectivity index (χ2n) is 6.89. The Labute approximate surface area is 137 Å². The van der Waals surface area contributed by atoms with Crippen LogP contribution in [0.2, 0.25) is 18.1 Å². The lowest BCUT2D eigenvalue weighted by Gasteiger charge is -2.36. The number of carbonyl (C=O) groups excluding carboxylic acids is 1. The van der Waals surface area contributed by atoms with Gasteiger partial charge in [-0.2, -0.15) is 0 Å². The minimum Gasteiger partial charge on any atom is -0.543 e. The van der Waals surface area contributed by atoms with Gasteiger partial charge in [-0.1, -0.05) is 20.8 Å². The standard InChI is InChI=1S/C17H24O3SSi/c1-7-19-16(18)12-10-14(13-8-9-21-15(13)11-12)20-22(5,6)17(2,3)4/h8-11H,7H2,1-6H3. The Hall–Kier alpha value is -1.33. The number of esters is 1. The van der Waals surface area contributed by atoms with Crippen LogP contribution in [0.3, 0.4) is 0 Å². The number of thiophene rings is 1. The maximum atomic E-state index is 12.1. The molecule has 0 aliphatic rings. The molecule has 1 aromatic carbocycles. The van der Waals surface area contributed by atoms with Crippen molar-refractivity contribution in [3.05, 3.63) is 29.1 Å². The van der Waals surface area contributed by atoms with Crippen LogP contribution in [-0.4, -0.2) is 20.9 Å². The highest BCUT2D eigenvalue weighted by Gasteiger charge is 2.39. The van der Waals surface area contributed by atoms with Crippen LogP contribution in [-0.2, 0) is 4.74 Å². The number of carbonyl (C=O) groups is 1. The number of fused-ring (bicyclic) bond motifs is 1. The first kappa shape index (κ1) is 17.0. The van der Waals surface area contributed by atoms with E-state index in [1.54, 1.807) is 11.3 Å². The number of hydrogen-bond donors (Lipinski definition) is 0. The fourth-order valence-electron chi connectivity index (χ4n) is 1.88. The Morgan fingerprint density at radius 1 is 1.27 bits per heavy atom. The predicted octanol–water partition coefficient (Wildman–Crippen LogP) is 5.46. The average Bonchev–Trinajstić information content (AvgIpc) is 2.85. The molecule has 0 saturated heterocycles. The van der Waals surface area contributed by atoms with Gasteiger partial charge in [-0.3, -0.25) is 0 Å². The lowest BCUT2D eigenvalue weighted by Crippen LogP contribution is -2.43. The molecule has 0 spiro atoms. The Morgan fingerprint density at radius 2 is 1.95 bits per heavy atom. The maximum Gasteiger partial charge on any atom is 0.338 e. The molecule has 0 amide bonds. The van der Waals surface area contributed by atoms with E-state index in [0.717, 1.165) is 15.8 Å². The highest BCUT2D eigenvalue weighted by atomic mass is 32.1. The summed E-state index contributed by atoms with van der Waals surface area (Å²) in [4.78, 5) is 12.1. The number of rotatable bonds is 4. The lowest BCUT2D eigenvalue weighted by molar-refractivity contribution is 0.0526. The molecule has 0 radical (unpaired) electrons. The van der Waals surface area contributed by atoms with E-state index in [0.29, 0.717) is 12.2 Å². The molecule has 2 aromatic rings. The Bertz CT molecular complexity index is 683. The van der Waals surface area contributed by atoms with E-state index in [1.807, 2.05) is 24.4 Å². The van der Waals surface area contributed by atoms with E-state index < -0.39 is 8.32 Å². The minimum absolute atomic E-state index is 0.106. The SMILES string of the molecule is CCOC(=O)c1cc(O[Si](C)(C)C(C)(C)C)c2ccsc2c1. The minimum atomic E-state index is -1.96. The third-order valence-corrected chi connectivity index (χ3v) is 9.42. The van der Waals surface area contributed by atoms with Crippen LogP contribution in [0.5, 0.6) is 5.75 Å². The Morgan fingerprint density at radius 3 is 2.55 bits per heavy atom. The highest BCUT2D eigenvalue weighted by molar-refractivity contribution is 7.17. The van der Waals surface area contributed by atoms with Crippen LogP contribution in [0.15, 0.2) is 23.6 Å². The summed E-state index contributed by atoms with van der Waals surface area (Å²) in [5, 5.41) is 3.20. The van der Waals surface area contributed by atoms with Gasteiger partial charge in [0, 0.05) is 10.1 Å². The molecule has 0 atom stereocenters. The fraction of sp³-hybridized carbons (Fsp3) is 0.471. The monoisotopic (exact) mass is 336 g/mol. The second-order valence-corrected chi connectivity index (χ2v) is 12.6. The van der Waals surface area contributed by atoms with Crippen LogP contribution in [0.1, 0.15) is 38.1 Å². The normalized spacial score (nSPS) is 12.5. The van der Waals surface area contributed by atoms with E-state index in [2.05, 4.69) is 39.9 Å². The molecular weight excluding hydrogens is 312 g/mol. The van der Waals surface area contributed by atoms with Gasteiger partial charge in [-0.25, -0.2) is 4.79 Å². The molecule has 5 heteroatoms. The van der Waals surface area contributed by atoms with Gasteiger partial charge in [-0.15, -0.1) is 11.3 Å². The lowest BCUT2D eigenvalue weighted by atomic mass is 10.1. The molecule has 1 heterocycles. The van der Waals surface area contributed by atoms with Crippen molar-refractivity contribution in [2.24, 2.45) is 0 Å². The van der Waals surface area contributed by atoms with E-state index >= 15 is 0 Å². The van der Waals surface area contributed by atoms with Crippen molar-refractivity contribution in [2.45, 2.75) is 45.8 Å². The predicted molar refractivity (Wildman–Crippen MR) is 95.6 cm³/mol. The first-order valence-corrected chi connectivity index (χ1v) is 11.3. The number of ether oxygens (including phenoxy) is 1. The first-order valence-electron chi connectivity index (χ1n) is 7.53. The molecule has 0 saturated carbocycles. The van der Waals surface area contributed by atoms with Crippen LogP contribution in [0.4, 0.5) is 0 Å². The molecule has 22 heavy (non-hydrogen) atoms. The Kier molecular flexibility index (Phi) is 4.68. The third kappa shape index (κ3) is 3.36. The molecule has 1 aromatic heterocycles. The van der Waals surface area contributed by atoms with Gasteiger partial charge in [-0.05, 0) is 48.6 Å². The van der Waals surface area contributed by atoms with Gasteiger partial charge < -0.3 is 9.16 Å². The Balaban J connectivity index is 2.48. The van der Waals surface area contributed by atoms with Crippen LogP contribution in [0, 0.1) is 0 Å². The molecule has 0 fully saturated rings. The van der Waals surface area contributed by atoms with E-state index in [9.17, 15) is 4.79 Å². The molecule has 2 rings (SSSR count). The van der Waals surface area contributed by atoms with Crippen molar-refractivity contribution in [1.82, 2.24) is 0 Å². The fourth-order valence-corrected chi connectivity index (χ4v) is 3.75. The van der Waals surface area contributed by atoms with E-state index in [4.69, 9.17) is 9.16 Å². The van der Waals surface area contributed by atoms with Gasteiger partial charge in [0.05, 0.1) is 12.2 Å². The highest BCUT2D eigenvalue weighted by Crippen LogP contribution is 2.40. The van der Waals surface area contributed by atoms with Crippen molar-refractivity contribution in [3.8, 4) is 5.75 Å². The van der Waals surface area contributed by atoms with Crippen LogP contribution in [0.25, 0.3) is 10.1 Å². The second kappa shape index (κ2) is 6.05. The molecule has 3 nitrogen and oxygen atoms in total. The van der Waals surface area contributed by atoms with Gasteiger partial charge in [0.2, 0.25) is 0 Å². The molecule has 0 unspecified atom stereocenters. The van der Waals surface area contributed by atoms with Crippen molar-refractivity contribution >= 4 is 35.7 Å². The smallest absolute Gasteiger partial charge is 0.338 e. The molecule has 120 valence electrons. The van der Waals surface area contributed by atoms with Crippen molar-refractivity contribution < 1.29 is 14.0 Å². The van der Waals surface area contributed by atoms with Crippen LogP contribution >= 0.6 is 11.3 Å². The van der Waals surface area contributed by atoms with Crippen LogP contribution < -0.4 is 4.43 Å². The zero-order valence-electron chi connectivity index (χ0n) is 14.1. The quantitative estimate of drug-likeness (QED) is 0.549. The maximum absolute atomic E-state index is 12.1. The average molecular weight is 337 g/mol. The van der Waals surface area contributed by atoms with Gasteiger partial charge in [0.1, 0.15) is 5.75 Å². The largest absolute Gasteiger partial charge is 0.543 e. The number of hydrogen-bond acceptors (Lipinski definition) is 4. The van der Waals surface area contributed by atoms with Crippen molar-refractivity contribution in [3.63, 3.8) is 0 Å². The zero-order valence-corrected chi connectivity index (χ0v) is 16.0. The summed E-state index contributed by atoms with van der Waals surface area (Å²) >= 11 is 1.61. The van der Waals surface area contributed by atoms with E-state index in [1.165, 1.54) is 0 Å². The zero-order chi connectivity index (χ0) is 16.5. The summed E-state index contributed by atoms with van der Waals surface area (Å²) in [6, 6.07) is 5.77. The summed E-state index contributed by atoms with van der Waals surface area (Å²) in [6.45, 7) is 13.2.